The molecule has 0 atom stereocenters. The Balaban J connectivity index is 3.21. The van der Waals surface area contributed by atoms with Crippen molar-refractivity contribution in [2.45, 2.75) is 11.8 Å². The molecule has 90 valence electrons. The third-order valence-corrected chi connectivity index (χ3v) is 4.82. The maximum absolute atomic E-state index is 12.0. The first-order valence-electron chi connectivity index (χ1n) is 4.73. The molecule has 0 amide bonds. The molecule has 0 bridgehead atoms. The fraction of sp³-hybridized carbons (Fsp3) is 0.400. The molecular weight excluding hydrogens is 294 g/mol. The van der Waals surface area contributed by atoms with Crippen molar-refractivity contribution < 1.29 is 13.2 Å². The molecule has 1 aromatic rings. The van der Waals surface area contributed by atoms with E-state index in [-0.39, 0.29) is 4.90 Å². The van der Waals surface area contributed by atoms with Gasteiger partial charge >= 0.3 is 0 Å². The molecule has 0 radical (unpaired) electrons. The maximum atomic E-state index is 12.0. The number of hydrogen-bond donors (Lipinski definition) is 0. The molecule has 0 fully saturated rings. The Labute approximate surface area is 104 Å². The first kappa shape index (κ1) is 13.5. The van der Waals surface area contributed by atoms with Gasteiger partial charge in [-0.25, -0.2) is 12.7 Å². The molecule has 0 aliphatic heterocycles. The van der Waals surface area contributed by atoms with Gasteiger partial charge < -0.3 is 4.74 Å². The number of sulfonamides is 1. The SMILES string of the molecule is CCN(C)S(=O)(=O)c1ccc(OC)c(Br)c1. The van der Waals surface area contributed by atoms with E-state index in [4.69, 9.17) is 4.74 Å². The lowest BCUT2D eigenvalue weighted by molar-refractivity contribution is 0.411. The lowest BCUT2D eigenvalue weighted by Crippen LogP contribution is -2.26. The van der Waals surface area contributed by atoms with Crippen LogP contribution in [-0.4, -0.2) is 33.4 Å². The summed E-state index contributed by atoms with van der Waals surface area (Å²) < 4.78 is 30.9. The number of ether oxygens (including phenoxy) is 1. The molecule has 0 spiro atoms. The molecule has 0 aliphatic carbocycles. The Morgan fingerprint density at radius 1 is 1.44 bits per heavy atom. The quantitative estimate of drug-likeness (QED) is 0.856. The highest BCUT2D eigenvalue weighted by Crippen LogP contribution is 2.28. The second-order valence-electron chi connectivity index (χ2n) is 3.22. The minimum absolute atomic E-state index is 0.254. The van der Waals surface area contributed by atoms with Crippen LogP contribution in [0.5, 0.6) is 5.75 Å². The summed E-state index contributed by atoms with van der Waals surface area (Å²) >= 11 is 3.26. The van der Waals surface area contributed by atoms with E-state index in [9.17, 15) is 8.42 Å². The molecule has 1 rings (SSSR count). The zero-order chi connectivity index (χ0) is 12.3. The molecular formula is C10H14BrNO3S. The second kappa shape index (κ2) is 5.16. The van der Waals surface area contributed by atoms with E-state index in [1.807, 2.05) is 0 Å². The van der Waals surface area contributed by atoms with E-state index in [2.05, 4.69) is 15.9 Å². The summed E-state index contributed by atoms with van der Waals surface area (Å²) in [5, 5.41) is 0. The summed E-state index contributed by atoms with van der Waals surface area (Å²) in [6, 6.07) is 4.70. The second-order valence-corrected chi connectivity index (χ2v) is 6.11. The summed E-state index contributed by atoms with van der Waals surface area (Å²) in [6.07, 6.45) is 0. The Bertz CT molecular complexity index is 473. The van der Waals surface area contributed by atoms with Crippen LogP contribution in [-0.2, 0) is 10.0 Å². The Morgan fingerprint density at radius 2 is 2.06 bits per heavy atom. The first-order valence-corrected chi connectivity index (χ1v) is 6.96. The monoisotopic (exact) mass is 307 g/mol. The van der Waals surface area contributed by atoms with Crippen LogP contribution < -0.4 is 4.74 Å². The average Bonchev–Trinajstić information content (AvgIpc) is 2.27. The predicted molar refractivity (Wildman–Crippen MR) is 66.2 cm³/mol. The zero-order valence-electron chi connectivity index (χ0n) is 9.40. The lowest BCUT2D eigenvalue weighted by atomic mass is 10.3. The van der Waals surface area contributed by atoms with Crippen LogP contribution in [0.1, 0.15) is 6.92 Å². The molecule has 0 saturated heterocycles. The minimum Gasteiger partial charge on any atom is -0.496 e. The van der Waals surface area contributed by atoms with Crippen LogP contribution in [0.3, 0.4) is 0 Å². The van der Waals surface area contributed by atoms with Gasteiger partial charge in [0.05, 0.1) is 16.5 Å². The predicted octanol–water partition coefficient (Wildman–Crippen LogP) is 2.10. The third-order valence-electron chi connectivity index (χ3n) is 2.28. The minimum atomic E-state index is -3.39. The molecule has 0 saturated carbocycles. The van der Waals surface area contributed by atoms with Crippen molar-refractivity contribution >= 4 is 26.0 Å². The van der Waals surface area contributed by atoms with Crippen molar-refractivity contribution in [1.29, 1.82) is 0 Å². The third kappa shape index (κ3) is 2.56. The highest BCUT2D eigenvalue weighted by Gasteiger charge is 2.20. The van der Waals surface area contributed by atoms with Crippen LogP contribution in [0.15, 0.2) is 27.6 Å². The lowest BCUT2D eigenvalue weighted by Gasteiger charge is -2.15. The molecule has 0 aliphatic rings. The van der Waals surface area contributed by atoms with Gasteiger partial charge in [0.15, 0.2) is 0 Å². The van der Waals surface area contributed by atoms with Crippen LogP contribution in [0.4, 0.5) is 0 Å². The Hall–Kier alpha value is -0.590. The number of hydrogen-bond acceptors (Lipinski definition) is 3. The fourth-order valence-corrected chi connectivity index (χ4v) is 3.06. The van der Waals surface area contributed by atoms with Gasteiger partial charge in [0, 0.05) is 13.6 Å². The molecule has 0 unspecified atom stereocenters. The summed E-state index contributed by atoms with van der Waals surface area (Å²) in [5.74, 6) is 0.609. The van der Waals surface area contributed by atoms with Gasteiger partial charge in [0.25, 0.3) is 0 Å². The molecule has 0 aromatic heterocycles. The zero-order valence-corrected chi connectivity index (χ0v) is 11.8. The number of halogens is 1. The van der Waals surface area contributed by atoms with Crippen LogP contribution >= 0.6 is 15.9 Å². The van der Waals surface area contributed by atoms with Gasteiger partial charge in [-0.2, -0.15) is 0 Å². The van der Waals surface area contributed by atoms with E-state index in [1.165, 1.54) is 17.5 Å². The van der Waals surface area contributed by atoms with Gasteiger partial charge in [-0.05, 0) is 34.1 Å². The van der Waals surface area contributed by atoms with Crippen molar-refractivity contribution in [2.24, 2.45) is 0 Å². The number of benzene rings is 1. The first-order chi connectivity index (χ1) is 7.43. The van der Waals surface area contributed by atoms with Crippen molar-refractivity contribution in [3.63, 3.8) is 0 Å². The Morgan fingerprint density at radius 3 is 2.50 bits per heavy atom. The van der Waals surface area contributed by atoms with Crippen molar-refractivity contribution in [2.75, 3.05) is 20.7 Å². The summed E-state index contributed by atoms with van der Waals surface area (Å²) in [4.78, 5) is 0.254. The van der Waals surface area contributed by atoms with Crippen molar-refractivity contribution in [1.82, 2.24) is 4.31 Å². The summed E-state index contributed by atoms with van der Waals surface area (Å²) in [6.45, 7) is 2.22. The largest absolute Gasteiger partial charge is 0.496 e. The highest BCUT2D eigenvalue weighted by atomic mass is 79.9. The van der Waals surface area contributed by atoms with Crippen molar-refractivity contribution in [3.05, 3.63) is 22.7 Å². The molecule has 4 nitrogen and oxygen atoms in total. The highest BCUT2D eigenvalue weighted by molar-refractivity contribution is 9.10. The standard InChI is InChI=1S/C10H14BrNO3S/c1-4-12(2)16(13,14)8-5-6-10(15-3)9(11)7-8/h5-7H,4H2,1-3H3. The van der Waals surface area contributed by atoms with Crippen LogP contribution in [0.2, 0.25) is 0 Å². The van der Waals surface area contributed by atoms with E-state index in [1.54, 1.807) is 26.1 Å². The molecule has 0 heterocycles. The summed E-state index contributed by atoms with van der Waals surface area (Å²) in [7, 11) is -0.306. The van der Waals surface area contributed by atoms with Crippen LogP contribution in [0.25, 0.3) is 0 Å². The van der Waals surface area contributed by atoms with Gasteiger partial charge in [-0.15, -0.1) is 0 Å². The van der Waals surface area contributed by atoms with E-state index in [0.29, 0.717) is 16.8 Å². The summed E-state index contributed by atoms with van der Waals surface area (Å²) in [5.41, 5.74) is 0. The van der Waals surface area contributed by atoms with Gasteiger partial charge in [-0.3, -0.25) is 0 Å². The average molecular weight is 308 g/mol. The van der Waals surface area contributed by atoms with Gasteiger partial charge in [-0.1, -0.05) is 6.92 Å². The van der Waals surface area contributed by atoms with E-state index >= 15 is 0 Å². The normalized spacial score (nSPS) is 11.8. The molecule has 1 aromatic carbocycles. The van der Waals surface area contributed by atoms with E-state index < -0.39 is 10.0 Å². The van der Waals surface area contributed by atoms with Crippen LogP contribution in [0, 0.1) is 0 Å². The number of rotatable bonds is 4. The van der Waals surface area contributed by atoms with E-state index in [0.717, 1.165) is 0 Å². The fourth-order valence-electron chi connectivity index (χ4n) is 1.16. The van der Waals surface area contributed by atoms with Gasteiger partial charge in [0.1, 0.15) is 5.75 Å². The Kier molecular flexibility index (Phi) is 4.35. The number of methoxy groups -OCH3 is 1. The maximum Gasteiger partial charge on any atom is 0.242 e. The topological polar surface area (TPSA) is 46.6 Å². The van der Waals surface area contributed by atoms with Crippen molar-refractivity contribution in [3.8, 4) is 5.75 Å². The molecule has 6 heteroatoms. The van der Waals surface area contributed by atoms with Gasteiger partial charge in [0.2, 0.25) is 10.0 Å². The molecule has 0 N–H and O–H groups in total. The molecule has 16 heavy (non-hydrogen) atoms. The number of nitrogens with zero attached hydrogens (tertiary/aromatic N) is 1. The smallest absolute Gasteiger partial charge is 0.242 e.